The smallest absolute Gasteiger partial charge is 0.329 e. The zero-order valence-electron chi connectivity index (χ0n) is 28.9. The molecular weight excluding hydrogens is 700 g/mol. The first kappa shape index (κ1) is 35.8. The van der Waals surface area contributed by atoms with Gasteiger partial charge in [-0.3, -0.25) is 19.1 Å². The molecule has 0 spiro atoms. The summed E-state index contributed by atoms with van der Waals surface area (Å²) < 4.78 is 30.4. The molecule has 0 saturated carbocycles. The molecule has 1 amide bonds. The Morgan fingerprint density at radius 2 is 1.74 bits per heavy atom. The summed E-state index contributed by atoms with van der Waals surface area (Å²) in [7, 11) is 0. The summed E-state index contributed by atoms with van der Waals surface area (Å²) in [5.74, 6) is -1.39. The molecule has 54 heavy (non-hydrogen) atoms. The van der Waals surface area contributed by atoms with Crippen LogP contribution in [0.3, 0.4) is 0 Å². The van der Waals surface area contributed by atoms with Crippen LogP contribution in [0.4, 0.5) is 37.7 Å². The number of halogens is 2. The number of H-pyrrole nitrogens is 1. The van der Waals surface area contributed by atoms with E-state index in [1.807, 2.05) is 0 Å². The average molecular weight is 734 g/mol. The number of pyridine rings is 1. The summed E-state index contributed by atoms with van der Waals surface area (Å²) in [5.41, 5.74) is -1.01. The van der Waals surface area contributed by atoms with E-state index in [0.29, 0.717) is 39.8 Å². The Hall–Kier alpha value is -6.62. The molecule has 5 N–H and O–H groups in total. The van der Waals surface area contributed by atoms with Crippen LogP contribution in [0.2, 0.25) is 0 Å². The van der Waals surface area contributed by atoms with Crippen molar-refractivity contribution in [2.24, 2.45) is 0 Å². The van der Waals surface area contributed by atoms with E-state index in [1.165, 1.54) is 30.5 Å². The molecule has 1 unspecified atom stereocenters. The summed E-state index contributed by atoms with van der Waals surface area (Å²) >= 11 is 0. The number of hydrogen-bond donors (Lipinski definition) is 5. The van der Waals surface area contributed by atoms with Gasteiger partial charge in [0.1, 0.15) is 23.1 Å². The van der Waals surface area contributed by atoms with Gasteiger partial charge in [-0.05, 0) is 80.1 Å². The van der Waals surface area contributed by atoms with E-state index in [4.69, 9.17) is 0 Å². The monoisotopic (exact) mass is 733 g/mol. The van der Waals surface area contributed by atoms with Crippen LogP contribution < -0.4 is 26.9 Å². The Morgan fingerprint density at radius 3 is 2.48 bits per heavy atom. The second kappa shape index (κ2) is 14.1. The van der Waals surface area contributed by atoms with Gasteiger partial charge in [-0.15, -0.1) is 6.58 Å². The summed E-state index contributed by atoms with van der Waals surface area (Å²) in [6, 6.07) is 19.3. The number of fused-ring (bicyclic) bond motifs is 2. The zero-order chi connectivity index (χ0) is 38.3. The fourth-order valence-corrected chi connectivity index (χ4v) is 6.07. The summed E-state index contributed by atoms with van der Waals surface area (Å²) in [4.78, 5) is 53.8. The third-order valence-electron chi connectivity index (χ3n) is 8.70. The van der Waals surface area contributed by atoms with Crippen LogP contribution in [0.5, 0.6) is 0 Å². The topological polar surface area (TPSA) is 182 Å². The fourth-order valence-electron chi connectivity index (χ4n) is 6.07. The summed E-state index contributed by atoms with van der Waals surface area (Å²) in [5, 5.41) is 30.4. The van der Waals surface area contributed by atoms with Crippen molar-refractivity contribution in [2.45, 2.75) is 32.2 Å². The van der Waals surface area contributed by atoms with Gasteiger partial charge in [-0.25, -0.2) is 28.6 Å². The molecule has 3 aromatic heterocycles. The maximum absolute atomic E-state index is 14.9. The highest BCUT2D eigenvalue weighted by Gasteiger charge is 2.39. The number of rotatable bonds is 10. The van der Waals surface area contributed by atoms with Gasteiger partial charge in [0.25, 0.3) is 11.5 Å². The van der Waals surface area contributed by atoms with Crippen molar-refractivity contribution in [1.82, 2.24) is 29.5 Å². The van der Waals surface area contributed by atoms with Crippen molar-refractivity contribution in [3.8, 4) is 0 Å². The van der Waals surface area contributed by atoms with Crippen LogP contribution in [-0.2, 0) is 12.1 Å². The zero-order valence-corrected chi connectivity index (χ0v) is 28.9. The Labute approximate surface area is 305 Å². The van der Waals surface area contributed by atoms with Gasteiger partial charge in [-0.1, -0.05) is 24.3 Å². The van der Waals surface area contributed by atoms with Gasteiger partial charge in [0.15, 0.2) is 12.0 Å². The molecule has 4 heterocycles. The highest BCUT2D eigenvalue weighted by Crippen LogP contribution is 2.42. The second-order valence-electron chi connectivity index (χ2n) is 13.0. The van der Waals surface area contributed by atoms with Crippen molar-refractivity contribution in [3.05, 3.63) is 153 Å². The number of nitrogens with zero attached hydrogens (tertiary/aromatic N) is 6. The molecule has 3 aromatic carbocycles. The Kier molecular flexibility index (Phi) is 9.32. The van der Waals surface area contributed by atoms with Crippen LogP contribution >= 0.6 is 0 Å². The molecule has 16 heteroatoms. The number of amides is 1. The molecule has 6 aromatic rings. The summed E-state index contributed by atoms with van der Waals surface area (Å²) in [6.45, 7) is 7.13. The van der Waals surface area contributed by atoms with Crippen molar-refractivity contribution in [1.29, 1.82) is 0 Å². The van der Waals surface area contributed by atoms with Crippen molar-refractivity contribution in [3.63, 3.8) is 0 Å². The lowest BCUT2D eigenvalue weighted by molar-refractivity contribution is 0.0244. The molecule has 7 rings (SSSR count). The predicted molar refractivity (Wildman–Crippen MR) is 197 cm³/mol. The maximum Gasteiger partial charge on any atom is 0.329 e. The van der Waals surface area contributed by atoms with Crippen LogP contribution in [0.15, 0.2) is 107 Å². The number of carbonyl (C=O) groups is 1. The van der Waals surface area contributed by atoms with E-state index in [-0.39, 0.29) is 35.5 Å². The van der Waals surface area contributed by atoms with E-state index >= 15 is 0 Å². The Morgan fingerprint density at radius 1 is 1.00 bits per heavy atom. The van der Waals surface area contributed by atoms with Gasteiger partial charge in [0.2, 0.25) is 5.95 Å². The number of hydrazine groups is 1. The van der Waals surface area contributed by atoms with Gasteiger partial charge in [0, 0.05) is 24.1 Å². The minimum Gasteiger partial charge on any atom is -0.384 e. The minimum atomic E-state index is -1.21. The number of aliphatic hydroxyl groups excluding tert-OH is 1. The van der Waals surface area contributed by atoms with Crippen molar-refractivity contribution < 1.29 is 23.8 Å². The number of aromatic nitrogens is 5. The molecule has 0 fully saturated rings. The largest absolute Gasteiger partial charge is 0.384 e. The van der Waals surface area contributed by atoms with Crippen LogP contribution in [0.25, 0.3) is 10.9 Å². The lowest BCUT2D eigenvalue weighted by Gasteiger charge is -2.30. The first-order chi connectivity index (χ1) is 25.8. The highest BCUT2D eigenvalue weighted by atomic mass is 19.1. The van der Waals surface area contributed by atoms with E-state index < -0.39 is 40.6 Å². The fraction of sp³-hybridized carbons (Fsp3) is 0.158. The third kappa shape index (κ3) is 6.83. The minimum absolute atomic E-state index is 0.0524. The molecule has 0 bridgehead atoms. The maximum atomic E-state index is 14.9. The molecule has 274 valence electrons. The molecule has 0 radical (unpaired) electrons. The third-order valence-corrected chi connectivity index (χ3v) is 8.70. The number of benzene rings is 3. The number of carbonyl (C=O) groups excluding carboxylic acids is 1. The SMILES string of the molecule is C=CCN1C(O)c2cnc(Nc3ccc(NC(=O)c4cc(Cn5c(=O)[nH]c(=O)c6c(F)cccc65)ccc4F)cc3)nc2N1c1cccc(C(C)(C)O)n1. The van der Waals surface area contributed by atoms with Gasteiger partial charge >= 0.3 is 5.69 Å². The molecule has 0 aliphatic carbocycles. The number of nitrogens with one attached hydrogen (secondary N) is 3. The molecule has 1 aliphatic rings. The number of aromatic amines is 1. The Bertz CT molecular complexity index is 2550. The molecule has 1 atom stereocenters. The molecular formula is C38H33F2N9O5. The van der Waals surface area contributed by atoms with Crippen LogP contribution in [0, 0.1) is 11.6 Å². The van der Waals surface area contributed by atoms with Crippen molar-refractivity contribution >= 4 is 45.8 Å². The van der Waals surface area contributed by atoms with Gasteiger partial charge in [-0.2, -0.15) is 9.99 Å². The van der Waals surface area contributed by atoms with Gasteiger partial charge < -0.3 is 20.8 Å². The lowest BCUT2D eigenvalue weighted by atomic mass is 10.1. The van der Waals surface area contributed by atoms with Crippen LogP contribution in [0.1, 0.15) is 47.3 Å². The summed E-state index contributed by atoms with van der Waals surface area (Å²) in [6.07, 6.45) is 2.03. The Balaban J connectivity index is 1.09. The lowest BCUT2D eigenvalue weighted by Crippen LogP contribution is -2.37. The quantitative estimate of drug-likeness (QED) is 0.120. The number of hydrogen-bond acceptors (Lipinski definition) is 11. The van der Waals surface area contributed by atoms with E-state index in [9.17, 15) is 33.4 Å². The number of anilines is 5. The number of aliphatic hydroxyl groups is 2. The second-order valence-corrected chi connectivity index (χ2v) is 13.0. The highest BCUT2D eigenvalue weighted by molar-refractivity contribution is 6.04. The van der Waals surface area contributed by atoms with E-state index in [0.717, 1.165) is 16.7 Å². The van der Waals surface area contributed by atoms with Crippen molar-refractivity contribution in [2.75, 3.05) is 22.2 Å². The normalized spacial score (nSPS) is 14.3. The van der Waals surface area contributed by atoms with Gasteiger partial charge in [0.05, 0.1) is 34.3 Å². The van der Waals surface area contributed by atoms with Crippen LogP contribution in [-0.4, -0.2) is 52.2 Å². The molecule has 0 saturated heterocycles. The average Bonchev–Trinajstić information content (AvgIpc) is 3.41. The predicted octanol–water partition coefficient (Wildman–Crippen LogP) is 4.97. The standard InChI is InChI=1S/C38H33F2N9O5/c1-4-17-48-35(52)25-19-41-36(45-32(25)49(48)30-10-6-9-29(44-30)38(2,3)54)43-23-14-12-22(13-15-23)42-33(50)24-18-21(11-16-26(24)39)20-47-28-8-5-7-27(40)31(28)34(51)46-37(47)53/h4-16,18-19,35,52,54H,1,17,20H2,2-3H3,(H,42,50)(H,41,43,45)(H,46,51,53). The van der Waals surface area contributed by atoms with E-state index in [2.05, 4.69) is 37.1 Å². The van der Waals surface area contributed by atoms with E-state index in [1.54, 1.807) is 72.4 Å². The molecule has 14 nitrogen and oxygen atoms in total. The first-order valence-corrected chi connectivity index (χ1v) is 16.6. The first-order valence-electron chi connectivity index (χ1n) is 16.6. The molecule has 1 aliphatic heterocycles.